The second-order valence-electron chi connectivity index (χ2n) is 6.00. The van der Waals surface area contributed by atoms with Gasteiger partial charge in [0.25, 0.3) is 0 Å². The normalized spacial score (nSPS) is 11.6. The summed E-state index contributed by atoms with van der Waals surface area (Å²) in [5.74, 6) is -1.59. The third-order valence-corrected chi connectivity index (χ3v) is 6.23. The van der Waals surface area contributed by atoms with Gasteiger partial charge in [0.2, 0.25) is 10.0 Å². The van der Waals surface area contributed by atoms with Crippen LogP contribution in [0.25, 0.3) is 0 Å². The van der Waals surface area contributed by atoms with E-state index in [0.717, 1.165) is 24.8 Å². The van der Waals surface area contributed by atoms with Gasteiger partial charge in [-0.1, -0.05) is 30.3 Å². The molecule has 0 aliphatic rings. The highest BCUT2D eigenvalue weighted by atomic mass is 32.2. The lowest BCUT2D eigenvalue weighted by Gasteiger charge is -2.23. The van der Waals surface area contributed by atoms with Crippen LogP contribution in [0.3, 0.4) is 0 Å². The van der Waals surface area contributed by atoms with E-state index in [9.17, 15) is 17.6 Å². The molecule has 0 aromatic heterocycles. The largest absolute Gasteiger partial charge is 0.465 e. The minimum atomic E-state index is -4.05. The number of hydrogen-bond acceptors (Lipinski definition) is 5. The molecule has 0 saturated carbocycles. The maximum Gasteiger partial charge on any atom is 0.337 e. The van der Waals surface area contributed by atoms with E-state index in [-0.39, 0.29) is 35.7 Å². The van der Waals surface area contributed by atoms with Crippen molar-refractivity contribution in [3.05, 3.63) is 65.0 Å². The van der Waals surface area contributed by atoms with Crippen LogP contribution in [0.5, 0.6) is 0 Å². The van der Waals surface area contributed by atoms with Gasteiger partial charge in [0.05, 0.1) is 17.6 Å². The Kier molecular flexibility index (Phi) is 7.06. The Labute approximate surface area is 158 Å². The monoisotopic (exact) mass is 394 g/mol. The Morgan fingerprint density at radius 1 is 1.19 bits per heavy atom. The van der Waals surface area contributed by atoms with Crippen LogP contribution in [0, 0.1) is 12.7 Å². The lowest BCUT2D eigenvalue weighted by molar-refractivity contribution is 0.0600. The second kappa shape index (κ2) is 9.07. The summed E-state index contributed by atoms with van der Waals surface area (Å²) in [6.45, 7) is 1.75. The van der Waals surface area contributed by atoms with Gasteiger partial charge in [-0.15, -0.1) is 0 Å². The summed E-state index contributed by atoms with van der Waals surface area (Å²) in [6, 6.07) is 11.5. The smallest absolute Gasteiger partial charge is 0.337 e. The number of carbonyl (C=O) groups is 1. The molecule has 0 saturated heterocycles. The highest BCUT2D eigenvalue weighted by Gasteiger charge is 2.28. The van der Waals surface area contributed by atoms with E-state index in [1.165, 1.54) is 11.2 Å². The van der Waals surface area contributed by atoms with Crippen LogP contribution in [0.2, 0.25) is 0 Å². The molecule has 2 N–H and O–H groups in total. The highest BCUT2D eigenvalue weighted by molar-refractivity contribution is 7.89. The molecule has 146 valence electrons. The van der Waals surface area contributed by atoms with Crippen molar-refractivity contribution >= 4 is 16.0 Å². The molecule has 0 fully saturated rings. The molecule has 0 heterocycles. The summed E-state index contributed by atoms with van der Waals surface area (Å²) in [7, 11) is -2.90. The number of halogens is 1. The zero-order valence-electron chi connectivity index (χ0n) is 15.3. The van der Waals surface area contributed by atoms with Crippen LogP contribution in [-0.2, 0) is 21.2 Å². The molecule has 27 heavy (non-hydrogen) atoms. The molecule has 2 aromatic carbocycles. The van der Waals surface area contributed by atoms with E-state index >= 15 is 0 Å². The first-order valence-electron chi connectivity index (χ1n) is 8.44. The van der Waals surface area contributed by atoms with Crippen molar-refractivity contribution in [2.45, 2.75) is 18.2 Å². The fourth-order valence-electron chi connectivity index (χ4n) is 2.69. The highest BCUT2D eigenvalue weighted by Crippen LogP contribution is 2.24. The van der Waals surface area contributed by atoms with Crippen LogP contribution in [-0.4, -0.2) is 45.4 Å². The Morgan fingerprint density at radius 2 is 1.85 bits per heavy atom. The van der Waals surface area contributed by atoms with E-state index in [1.807, 2.05) is 30.3 Å². The fraction of sp³-hybridized carbons (Fsp3) is 0.316. The third kappa shape index (κ3) is 4.91. The van der Waals surface area contributed by atoms with Gasteiger partial charge in [-0.2, -0.15) is 4.31 Å². The average molecular weight is 394 g/mol. The number of ether oxygens (including phenoxy) is 1. The first-order valence-corrected chi connectivity index (χ1v) is 9.88. The van der Waals surface area contributed by atoms with Gasteiger partial charge in [0.15, 0.2) is 0 Å². The first kappa shape index (κ1) is 21.0. The summed E-state index contributed by atoms with van der Waals surface area (Å²) < 4.78 is 46.3. The third-order valence-electron chi connectivity index (χ3n) is 4.21. The summed E-state index contributed by atoms with van der Waals surface area (Å²) in [4.78, 5) is 11.5. The van der Waals surface area contributed by atoms with E-state index in [4.69, 9.17) is 5.73 Å². The number of nitrogens with two attached hydrogens (primary N) is 1. The standard InChI is InChI=1S/C19H23FN2O4S/c1-14-17(20)12-16(19(23)26-2)13-18(14)27(24,25)22(11-9-21)10-8-15-6-4-3-5-7-15/h3-7,12-13H,8-11,21H2,1-2H3. The number of sulfonamides is 1. The molecule has 0 radical (unpaired) electrons. The number of benzene rings is 2. The lowest BCUT2D eigenvalue weighted by atomic mass is 10.1. The topological polar surface area (TPSA) is 89.7 Å². The van der Waals surface area contributed by atoms with Crippen molar-refractivity contribution in [3.8, 4) is 0 Å². The molecule has 0 amide bonds. The Balaban J connectivity index is 2.40. The number of rotatable bonds is 8. The first-order chi connectivity index (χ1) is 12.8. The average Bonchev–Trinajstić information content (AvgIpc) is 2.66. The molecule has 0 unspecified atom stereocenters. The fourth-order valence-corrected chi connectivity index (χ4v) is 4.41. The summed E-state index contributed by atoms with van der Waals surface area (Å²) in [5.41, 5.74) is 6.35. The quantitative estimate of drug-likeness (QED) is 0.693. The molecule has 6 nitrogen and oxygen atoms in total. The van der Waals surface area contributed by atoms with E-state index in [0.29, 0.717) is 6.42 Å². The Hall–Kier alpha value is -2.29. The maximum atomic E-state index is 14.3. The van der Waals surface area contributed by atoms with Crippen LogP contribution < -0.4 is 5.73 Å². The molecule has 2 aromatic rings. The zero-order valence-corrected chi connectivity index (χ0v) is 16.1. The number of hydrogen-bond donors (Lipinski definition) is 1. The van der Waals surface area contributed by atoms with Gasteiger partial charge in [0, 0.05) is 25.2 Å². The van der Waals surface area contributed by atoms with Crippen molar-refractivity contribution in [3.63, 3.8) is 0 Å². The zero-order chi connectivity index (χ0) is 20.0. The SMILES string of the molecule is COC(=O)c1cc(F)c(C)c(S(=O)(=O)N(CCN)CCc2ccccc2)c1. The molecule has 8 heteroatoms. The van der Waals surface area contributed by atoms with Crippen molar-refractivity contribution < 1.29 is 22.3 Å². The minimum Gasteiger partial charge on any atom is -0.465 e. The summed E-state index contributed by atoms with van der Waals surface area (Å²) in [5, 5.41) is 0. The molecule has 2 rings (SSSR count). The van der Waals surface area contributed by atoms with E-state index in [2.05, 4.69) is 4.74 Å². The van der Waals surface area contributed by atoms with Gasteiger partial charge < -0.3 is 10.5 Å². The number of esters is 1. The maximum absolute atomic E-state index is 14.3. The van der Waals surface area contributed by atoms with E-state index < -0.39 is 21.8 Å². The molecule has 0 aliphatic carbocycles. The van der Waals surface area contributed by atoms with Gasteiger partial charge >= 0.3 is 5.97 Å². The minimum absolute atomic E-state index is 0.0515. The van der Waals surface area contributed by atoms with Crippen LogP contribution in [0.15, 0.2) is 47.4 Å². The van der Waals surface area contributed by atoms with Crippen LogP contribution in [0.1, 0.15) is 21.5 Å². The van der Waals surface area contributed by atoms with Gasteiger partial charge in [-0.05, 0) is 31.0 Å². The molecule has 0 bridgehead atoms. The summed E-state index contributed by atoms with van der Waals surface area (Å²) >= 11 is 0. The number of carbonyl (C=O) groups excluding carboxylic acids is 1. The van der Waals surface area contributed by atoms with Crippen molar-refractivity contribution in [1.82, 2.24) is 4.31 Å². The second-order valence-corrected chi connectivity index (χ2v) is 7.91. The predicted molar refractivity (Wildman–Crippen MR) is 100 cm³/mol. The van der Waals surface area contributed by atoms with Gasteiger partial charge in [-0.3, -0.25) is 0 Å². The van der Waals surface area contributed by atoms with Crippen molar-refractivity contribution in [2.75, 3.05) is 26.7 Å². The van der Waals surface area contributed by atoms with Gasteiger partial charge in [-0.25, -0.2) is 17.6 Å². The molecule has 0 spiro atoms. The van der Waals surface area contributed by atoms with Crippen molar-refractivity contribution in [1.29, 1.82) is 0 Å². The number of nitrogens with zero attached hydrogens (tertiary/aromatic N) is 1. The molecule has 0 atom stereocenters. The van der Waals surface area contributed by atoms with Crippen molar-refractivity contribution in [2.24, 2.45) is 5.73 Å². The number of methoxy groups -OCH3 is 1. The van der Waals surface area contributed by atoms with Crippen LogP contribution in [0.4, 0.5) is 4.39 Å². The van der Waals surface area contributed by atoms with Crippen LogP contribution >= 0.6 is 0 Å². The van der Waals surface area contributed by atoms with Gasteiger partial charge in [0.1, 0.15) is 5.82 Å². The molecular weight excluding hydrogens is 371 g/mol. The molecule has 0 aliphatic heterocycles. The Bertz CT molecular complexity index is 901. The Morgan fingerprint density at radius 3 is 2.44 bits per heavy atom. The lowest BCUT2D eigenvalue weighted by Crippen LogP contribution is -2.37. The molecular formula is C19H23FN2O4S. The summed E-state index contributed by atoms with van der Waals surface area (Å²) in [6.07, 6.45) is 0.484. The predicted octanol–water partition coefficient (Wildman–Crippen LogP) is 2.11. The van der Waals surface area contributed by atoms with E-state index in [1.54, 1.807) is 0 Å².